The molecule has 3 unspecified atom stereocenters. The number of hydrogen-bond donors (Lipinski definition) is 5. The minimum atomic E-state index is -2.45. The summed E-state index contributed by atoms with van der Waals surface area (Å²) in [7, 11) is 1.05. The van der Waals surface area contributed by atoms with Gasteiger partial charge in [-0.25, -0.2) is 4.79 Å². The molecule has 1 aliphatic heterocycles. The van der Waals surface area contributed by atoms with E-state index < -0.39 is 54.4 Å². The predicted molar refractivity (Wildman–Crippen MR) is 118 cm³/mol. The average molecular weight is 459 g/mol. The van der Waals surface area contributed by atoms with Crippen LogP contribution in [0, 0.1) is 5.92 Å². The summed E-state index contributed by atoms with van der Waals surface area (Å²) in [5, 5.41) is 44.1. The van der Waals surface area contributed by atoms with Gasteiger partial charge in [-0.2, -0.15) is 0 Å². The Balaban J connectivity index is 1.60. The number of carbonyl (C=O) groups is 2. The third-order valence-corrected chi connectivity index (χ3v) is 5.90. The number of aliphatic hydroxyl groups is 4. The lowest BCUT2D eigenvalue weighted by atomic mass is 9.84. The van der Waals surface area contributed by atoms with Crippen LogP contribution in [-0.2, 0) is 14.3 Å². The average Bonchev–Trinajstić information content (AvgIpc) is 2.84. The Hall–Kier alpha value is -2.82. The van der Waals surface area contributed by atoms with Crippen molar-refractivity contribution in [1.29, 1.82) is 0 Å². The van der Waals surface area contributed by atoms with Crippen molar-refractivity contribution in [2.45, 2.75) is 43.5 Å². The Labute approximate surface area is 191 Å². The fourth-order valence-corrected chi connectivity index (χ4v) is 3.82. The molecule has 33 heavy (non-hydrogen) atoms. The van der Waals surface area contributed by atoms with E-state index in [9.17, 15) is 30.0 Å². The van der Waals surface area contributed by atoms with Crippen LogP contribution in [0.15, 0.2) is 54.6 Å². The van der Waals surface area contributed by atoms with Crippen LogP contribution in [0.3, 0.4) is 0 Å². The van der Waals surface area contributed by atoms with Gasteiger partial charge in [-0.1, -0.05) is 49.4 Å². The van der Waals surface area contributed by atoms with Gasteiger partial charge in [0.25, 0.3) is 11.7 Å². The summed E-state index contributed by atoms with van der Waals surface area (Å²) in [6.45, 7) is 1.23. The first-order valence-electron chi connectivity index (χ1n) is 10.6. The molecule has 9 nitrogen and oxygen atoms in total. The van der Waals surface area contributed by atoms with Crippen LogP contribution in [-0.4, -0.2) is 76.2 Å². The standard InChI is InChI=1S/C24H29NO8/c1-14-18(26)12-24(31,23(30)32-2)33-21(14)20(28)19(27)13-25-22(29)17-10-8-16(9-11-17)15-6-4-3-5-7-15/h3-11,14,18-21,26-28,31H,12-13H2,1-2H3,(H,25,29)/t14-,18-,19?,20?,21?,24-/m1/s1. The molecule has 3 rings (SSSR count). The molecule has 0 aliphatic carbocycles. The number of nitrogens with one attached hydrogen (secondary N) is 1. The molecule has 5 N–H and O–H groups in total. The second kappa shape index (κ2) is 10.4. The number of hydrogen-bond acceptors (Lipinski definition) is 8. The maximum absolute atomic E-state index is 12.5. The fourth-order valence-electron chi connectivity index (χ4n) is 3.82. The third kappa shape index (κ3) is 5.58. The maximum atomic E-state index is 12.5. The van der Waals surface area contributed by atoms with Gasteiger partial charge in [-0.3, -0.25) is 4.79 Å². The second-order valence-corrected chi connectivity index (χ2v) is 8.20. The summed E-state index contributed by atoms with van der Waals surface area (Å²) in [5.74, 6) is -4.73. The molecule has 0 radical (unpaired) electrons. The largest absolute Gasteiger partial charge is 0.465 e. The zero-order valence-corrected chi connectivity index (χ0v) is 18.4. The van der Waals surface area contributed by atoms with Crippen molar-refractivity contribution in [1.82, 2.24) is 5.32 Å². The van der Waals surface area contributed by atoms with Gasteiger partial charge in [0, 0.05) is 24.4 Å². The molecule has 178 valence electrons. The summed E-state index contributed by atoms with van der Waals surface area (Å²) < 4.78 is 9.84. The van der Waals surface area contributed by atoms with Crippen molar-refractivity contribution in [3.63, 3.8) is 0 Å². The van der Waals surface area contributed by atoms with E-state index in [1.54, 1.807) is 19.1 Å². The number of carbonyl (C=O) groups excluding carboxylic acids is 2. The van der Waals surface area contributed by atoms with Crippen molar-refractivity contribution < 1.29 is 39.5 Å². The van der Waals surface area contributed by atoms with Gasteiger partial charge in [-0.05, 0) is 23.3 Å². The first kappa shape index (κ1) is 24.8. The second-order valence-electron chi connectivity index (χ2n) is 8.20. The van der Waals surface area contributed by atoms with Gasteiger partial charge in [0.15, 0.2) is 0 Å². The van der Waals surface area contributed by atoms with Crippen LogP contribution in [0.2, 0.25) is 0 Å². The van der Waals surface area contributed by atoms with Crippen molar-refractivity contribution >= 4 is 11.9 Å². The summed E-state index contributed by atoms with van der Waals surface area (Å²) in [5.41, 5.74) is 2.33. The number of benzene rings is 2. The van der Waals surface area contributed by atoms with Gasteiger partial charge in [-0.15, -0.1) is 0 Å². The number of aliphatic hydroxyl groups excluding tert-OH is 3. The van der Waals surface area contributed by atoms with Crippen molar-refractivity contribution in [3.05, 3.63) is 60.2 Å². The minimum absolute atomic E-state index is 0.320. The summed E-state index contributed by atoms with van der Waals surface area (Å²) in [6.07, 6.45) is -6.00. The van der Waals surface area contributed by atoms with E-state index in [1.165, 1.54) is 0 Å². The molecule has 1 aliphatic rings. The van der Waals surface area contributed by atoms with Crippen LogP contribution in [0.5, 0.6) is 0 Å². The molecule has 2 aromatic rings. The van der Waals surface area contributed by atoms with Crippen LogP contribution >= 0.6 is 0 Å². The molecular weight excluding hydrogens is 430 g/mol. The lowest BCUT2D eigenvalue weighted by Gasteiger charge is -2.44. The van der Waals surface area contributed by atoms with E-state index in [-0.39, 0.29) is 6.54 Å². The zero-order chi connectivity index (χ0) is 24.2. The fraction of sp³-hybridized carbons (Fsp3) is 0.417. The highest BCUT2D eigenvalue weighted by Gasteiger charge is 2.52. The normalized spacial score (nSPS) is 26.8. The molecule has 0 bridgehead atoms. The monoisotopic (exact) mass is 459 g/mol. The summed E-state index contributed by atoms with van der Waals surface area (Å²) in [4.78, 5) is 24.3. The van der Waals surface area contributed by atoms with E-state index in [0.29, 0.717) is 5.56 Å². The van der Waals surface area contributed by atoms with E-state index in [1.807, 2.05) is 42.5 Å². The molecule has 0 spiro atoms. The van der Waals surface area contributed by atoms with E-state index in [0.717, 1.165) is 18.2 Å². The Morgan fingerprint density at radius 3 is 2.33 bits per heavy atom. The molecule has 0 saturated carbocycles. The molecule has 9 heteroatoms. The first-order chi connectivity index (χ1) is 15.7. The van der Waals surface area contributed by atoms with Crippen LogP contribution in [0.4, 0.5) is 0 Å². The summed E-state index contributed by atoms with van der Waals surface area (Å²) >= 11 is 0. The van der Waals surface area contributed by atoms with Crippen LogP contribution in [0.25, 0.3) is 11.1 Å². The topological polar surface area (TPSA) is 146 Å². The number of ether oxygens (including phenoxy) is 2. The third-order valence-electron chi connectivity index (χ3n) is 5.90. The molecule has 0 aromatic heterocycles. The first-order valence-corrected chi connectivity index (χ1v) is 10.6. The van der Waals surface area contributed by atoms with Crippen LogP contribution in [0.1, 0.15) is 23.7 Å². The van der Waals surface area contributed by atoms with Gasteiger partial charge >= 0.3 is 5.97 Å². The highest BCUT2D eigenvalue weighted by atomic mass is 16.7. The molecule has 2 aromatic carbocycles. The zero-order valence-electron chi connectivity index (χ0n) is 18.4. The minimum Gasteiger partial charge on any atom is -0.465 e. The Kier molecular flexibility index (Phi) is 7.83. The Morgan fingerprint density at radius 1 is 1.12 bits per heavy atom. The van der Waals surface area contributed by atoms with Gasteiger partial charge < -0.3 is 35.2 Å². The molecule has 1 heterocycles. The highest BCUT2D eigenvalue weighted by molar-refractivity contribution is 5.94. The smallest absolute Gasteiger partial charge is 0.366 e. The Bertz CT molecular complexity index is 951. The van der Waals surface area contributed by atoms with Crippen molar-refractivity contribution in [2.75, 3.05) is 13.7 Å². The number of esters is 1. The maximum Gasteiger partial charge on any atom is 0.366 e. The van der Waals surface area contributed by atoms with Gasteiger partial charge in [0.05, 0.1) is 25.4 Å². The quantitative estimate of drug-likeness (QED) is 0.375. The number of rotatable bonds is 7. The van der Waals surface area contributed by atoms with E-state index in [2.05, 4.69) is 10.1 Å². The highest BCUT2D eigenvalue weighted by Crippen LogP contribution is 2.34. The molecule has 1 amide bonds. The molecule has 6 atom stereocenters. The van der Waals surface area contributed by atoms with Gasteiger partial charge in [0.2, 0.25) is 0 Å². The van der Waals surface area contributed by atoms with Crippen molar-refractivity contribution in [2.24, 2.45) is 5.92 Å². The lowest BCUT2D eigenvalue weighted by Crippen LogP contribution is -2.60. The SMILES string of the molecule is COC(=O)[C@@]1(O)C[C@@H](O)[C@@H](C)C(C(O)C(O)CNC(=O)c2ccc(-c3ccccc3)cc2)O1. The molecule has 1 fully saturated rings. The lowest BCUT2D eigenvalue weighted by molar-refractivity contribution is -0.302. The van der Waals surface area contributed by atoms with Crippen molar-refractivity contribution in [3.8, 4) is 11.1 Å². The van der Waals surface area contributed by atoms with E-state index >= 15 is 0 Å². The number of amides is 1. The Morgan fingerprint density at radius 2 is 1.73 bits per heavy atom. The van der Waals surface area contributed by atoms with Crippen LogP contribution < -0.4 is 5.32 Å². The van der Waals surface area contributed by atoms with Gasteiger partial charge in [0.1, 0.15) is 6.10 Å². The molecule has 1 saturated heterocycles. The molecular formula is C24H29NO8. The number of methoxy groups -OCH3 is 1. The summed E-state index contributed by atoms with van der Waals surface area (Å²) in [6, 6.07) is 16.6. The predicted octanol–water partition coefficient (Wildman–Crippen LogP) is 0.453. The van der Waals surface area contributed by atoms with E-state index in [4.69, 9.17) is 4.74 Å².